The predicted molar refractivity (Wildman–Crippen MR) is 72.5 cm³/mol. The van der Waals surface area contributed by atoms with Crippen LogP contribution in [0.2, 0.25) is 0 Å². The summed E-state index contributed by atoms with van der Waals surface area (Å²) in [5, 5.41) is 4.19. The minimum Gasteiger partial charge on any atom is -0.370 e. The minimum atomic E-state index is -0.00762. The Morgan fingerprint density at radius 2 is 2.00 bits per heavy atom. The van der Waals surface area contributed by atoms with Crippen LogP contribution in [0.1, 0.15) is 53.5 Å². The third kappa shape index (κ3) is 4.60. The van der Waals surface area contributed by atoms with Crippen LogP contribution < -0.4 is 5.32 Å². The highest BCUT2D eigenvalue weighted by Gasteiger charge is 2.22. The Kier molecular flexibility index (Phi) is 4.89. The third-order valence-electron chi connectivity index (χ3n) is 2.13. The van der Waals surface area contributed by atoms with Crippen molar-refractivity contribution in [1.29, 1.82) is 0 Å². The van der Waals surface area contributed by atoms with Gasteiger partial charge in [-0.15, -0.1) is 0 Å². The lowest BCUT2D eigenvalue weighted by molar-refractivity contribution is 0.0241. The highest BCUT2D eigenvalue weighted by molar-refractivity contribution is 7.09. The van der Waals surface area contributed by atoms with Crippen LogP contribution in [0.5, 0.6) is 0 Å². The maximum absolute atomic E-state index is 5.69. The van der Waals surface area contributed by atoms with Crippen LogP contribution >= 0.6 is 11.5 Å². The van der Waals surface area contributed by atoms with E-state index >= 15 is 0 Å². The monoisotopic (exact) mass is 257 g/mol. The number of aromatic nitrogens is 2. The first-order valence-electron chi connectivity index (χ1n) is 6.07. The van der Waals surface area contributed by atoms with E-state index < -0.39 is 0 Å². The van der Waals surface area contributed by atoms with Gasteiger partial charge in [0.2, 0.25) is 5.13 Å². The third-order valence-corrected chi connectivity index (χ3v) is 2.77. The number of nitrogens with zero attached hydrogens (tertiary/aromatic N) is 2. The zero-order valence-electron chi connectivity index (χ0n) is 11.6. The molecule has 1 N–H and O–H groups in total. The van der Waals surface area contributed by atoms with Gasteiger partial charge >= 0.3 is 0 Å². The van der Waals surface area contributed by atoms with Gasteiger partial charge in [-0.2, -0.15) is 4.37 Å². The van der Waals surface area contributed by atoms with Gasteiger partial charge < -0.3 is 10.1 Å². The molecule has 98 valence electrons. The van der Waals surface area contributed by atoms with Crippen molar-refractivity contribution in [2.45, 2.75) is 53.2 Å². The molecule has 0 saturated heterocycles. The average molecular weight is 257 g/mol. The van der Waals surface area contributed by atoms with Gasteiger partial charge in [-0.1, -0.05) is 13.8 Å². The van der Waals surface area contributed by atoms with Crippen LogP contribution in [0.25, 0.3) is 0 Å². The maximum Gasteiger partial charge on any atom is 0.203 e. The number of nitrogens with one attached hydrogen (secondary N) is 1. The zero-order chi connectivity index (χ0) is 13.1. The summed E-state index contributed by atoms with van der Waals surface area (Å²) in [6.45, 7) is 13.3. The molecule has 0 spiro atoms. The summed E-state index contributed by atoms with van der Waals surface area (Å²) in [4.78, 5) is 4.51. The second-order valence-corrected chi connectivity index (χ2v) is 6.20. The molecule has 17 heavy (non-hydrogen) atoms. The van der Waals surface area contributed by atoms with E-state index in [0.29, 0.717) is 12.5 Å². The van der Waals surface area contributed by atoms with E-state index in [1.54, 1.807) is 0 Å². The van der Waals surface area contributed by atoms with Crippen molar-refractivity contribution in [1.82, 2.24) is 9.36 Å². The molecule has 1 rings (SSSR count). The van der Waals surface area contributed by atoms with Crippen molar-refractivity contribution in [3.8, 4) is 0 Å². The lowest BCUT2D eigenvalue weighted by Crippen LogP contribution is -2.26. The van der Waals surface area contributed by atoms with Crippen LogP contribution in [0.15, 0.2) is 0 Å². The molecule has 0 bridgehead atoms. The summed E-state index contributed by atoms with van der Waals surface area (Å²) in [6, 6.07) is 0. The molecule has 4 nitrogen and oxygen atoms in total. The number of rotatable bonds is 5. The second kappa shape index (κ2) is 5.78. The molecule has 0 aliphatic heterocycles. The van der Waals surface area contributed by atoms with E-state index in [1.165, 1.54) is 11.5 Å². The van der Waals surface area contributed by atoms with E-state index in [4.69, 9.17) is 4.74 Å². The quantitative estimate of drug-likeness (QED) is 0.877. The van der Waals surface area contributed by atoms with Gasteiger partial charge in [0.25, 0.3) is 0 Å². The van der Waals surface area contributed by atoms with Crippen LogP contribution in [0.3, 0.4) is 0 Å². The molecule has 1 heterocycles. The molecule has 0 aromatic carbocycles. The molecular formula is C12H23N3OS. The Morgan fingerprint density at radius 3 is 2.47 bits per heavy atom. The van der Waals surface area contributed by atoms with Gasteiger partial charge in [-0.05, 0) is 33.6 Å². The Bertz CT molecular complexity index is 344. The number of ether oxygens (including phenoxy) is 1. The molecular weight excluding hydrogens is 234 g/mol. The normalized spacial score (nSPS) is 14.1. The summed E-state index contributed by atoms with van der Waals surface area (Å²) < 4.78 is 10.1. The van der Waals surface area contributed by atoms with Gasteiger partial charge in [0.05, 0.1) is 0 Å². The molecule has 0 aliphatic carbocycles. The van der Waals surface area contributed by atoms with Crippen molar-refractivity contribution in [2.75, 3.05) is 11.9 Å². The predicted octanol–water partition coefficient (Wildman–Crippen LogP) is 3.48. The van der Waals surface area contributed by atoms with Gasteiger partial charge in [-0.25, -0.2) is 4.98 Å². The van der Waals surface area contributed by atoms with Crippen molar-refractivity contribution in [3.63, 3.8) is 0 Å². The smallest absolute Gasteiger partial charge is 0.203 e. The summed E-state index contributed by atoms with van der Waals surface area (Å²) in [7, 11) is 0. The van der Waals surface area contributed by atoms with Crippen LogP contribution in [-0.2, 0) is 4.74 Å². The Morgan fingerprint density at radius 1 is 1.35 bits per heavy atom. The highest BCUT2D eigenvalue weighted by atomic mass is 32.1. The molecule has 1 atom stereocenters. The van der Waals surface area contributed by atoms with Gasteiger partial charge in [-0.3, -0.25) is 0 Å². The number of hydrogen-bond acceptors (Lipinski definition) is 5. The molecule has 0 radical (unpaired) electrons. The second-order valence-electron chi connectivity index (χ2n) is 5.45. The van der Waals surface area contributed by atoms with Crippen molar-refractivity contribution in [2.24, 2.45) is 5.92 Å². The Labute approximate surface area is 108 Å². The first-order valence-corrected chi connectivity index (χ1v) is 6.84. The Balaban J connectivity index is 2.78. The number of hydrogen-bond donors (Lipinski definition) is 1. The average Bonchev–Trinajstić information content (AvgIpc) is 2.59. The molecule has 1 aromatic heterocycles. The van der Waals surface area contributed by atoms with Crippen molar-refractivity contribution >= 4 is 16.7 Å². The zero-order valence-corrected chi connectivity index (χ0v) is 12.4. The van der Waals surface area contributed by atoms with Gasteiger partial charge in [0.1, 0.15) is 6.10 Å². The lowest BCUT2D eigenvalue weighted by atomic mass is 10.1. The summed E-state index contributed by atoms with van der Waals surface area (Å²) >= 11 is 1.40. The van der Waals surface area contributed by atoms with Crippen molar-refractivity contribution in [3.05, 3.63) is 5.82 Å². The van der Waals surface area contributed by atoms with Crippen LogP contribution in [0.4, 0.5) is 5.13 Å². The van der Waals surface area contributed by atoms with E-state index in [0.717, 1.165) is 11.0 Å². The molecule has 0 amide bonds. The standard InChI is InChI=1S/C12H23N3OS/c1-7-16-9(8(2)3)10-13-11(17-15-10)14-12(4,5)6/h8-9H,7H2,1-6H3,(H,13,14,15). The maximum atomic E-state index is 5.69. The summed E-state index contributed by atoms with van der Waals surface area (Å²) in [5.41, 5.74) is 0.00967. The fourth-order valence-corrected chi connectivity index (χ4v) is 2.28. The fourth-order valence-electron chi connectivity index (χ4n) is 1.47. The van der Waals surface area contributed by atoms with E-state index in [9.17, 15) is 0 Å². The highest BCUT2D eigenvalue weighted by Crippen LogP contribution is 2.27. The largest absolute Gasteiger partial charge is 0.370 e. The first-order chi connectivity index (χ1) is 7.83. The van der Waals surface area contributed by atoms with Gasteiger partial charge in [0, 0.05) is 23.7 Å². The summed E-state index contributed by atoms with van der Waals surface area (Å²) in [6.07, 6.45) is -0.00762. The molecule has 0 saturated carbocycles. The van der Waals surface area contributed by atoms with Crippen molar-refractivity contribution < 1.29 is 4.74 Å². The SMILES string of the molecule is CCOC(c1nsc(NC(C)(C)C)n1)C(C)C. The Hall–Kier alpha value is -0.680. The number of anilines is 1. The molecule has 1 unspecified atom stereocenters. The molecule has 1 aromatic rings. The van der Waals surface area contributed by atoms with E-state index in [2.05, 4.69) is 49.3 Å². The molecule has 5 heteroatoms. The van der Waals surface area contributed by atoms with Gasteiger partial charge in [0.15, 0.2) is 5.82 Å². The summed E-state index contributed by atoms with van der Waals surface area (Å²) in [5.74, 6) is 1.17. The fraction of sp³-hybridized carbons (Fsp3) is 0.833. The molecule has 0 fully saturated rings. The van der Waals surface area contributed by atoms with Crippen LogP contribution in [0, 0.1) is 5.92 Å². The van der Waals surface area contributed by atoms with Crippen LogP contribution in [-0.4, -0.2) is 21.5 Å². The van der Waals surface area contributed by atoms with E-state index in [-0.39, 0.29) is 11.6 Å². The minimum absolute atomic E-state index is 0.00762. The topological polar surface area (TPSA) is 47.0 Å². The molecule has 0 aliphatic rings. The lowest BCUT2D eigenvalue weighted by Gasteiger charge is -2.19. The first kappa shape index (κ1) is 14.4. The van der Waals surface area contributed by atoms with E-state index in [1.807, 2.05) is 6.92 Å².